The minimum atomic E-state index is -5.23. The minimum Gasteiger partial charge on any atom is -0.491 e. The largest absolute Gasteiger partial charge is 0.509 e. The van der Waals surface area contributed by atoms with Gasteiger partial charge in [0, 0.05) is 5.75 Å². The lowest BCUT2D eigenvalue weighted by Gasteiger charge is -2.16. The van der Waals surface area contributed by atoms with Gasteiger partial charge in [0.1, 0.15) is 9.84 Å². The highest BCUT2D eigenvalue weighted by molar-refractivity contribution is 7.91. The normalized spacial score (nSPS) is 12.4. The highest BCUT2D eigenvalue weighted by Crippen LogP contribution is 2.18. The van der Waals surface area contributed by atoms with Gasteiger partial charge < -0.3 is 17.7 Å². The number of ether oxygens (including phenoxy) is 1. The molecule has 3 nitrogen and oxygen atoms in total. The van der Waals surface area contributed by atoms with Crippen molar-refractivity contribution in [3.8, 4) is 5.75 Å². The lowest BCUT2D eigenvalue weighted by atomic mass is 9.80. The summed E-state index contributed by atoms with van der Waals surface area (Å²) in [4.78, 5) is 0. The van der Waals surface area contributed by atoms with Crippen LogP contribution in [-0.4, -0.2) is 33.5 Å². The number of sulfone groups is 1. The van der Waals surface area contributed by atoms with Crippen molar-refractivity contribution >= 4 is 22.3 Å². The number of hydrogen-bond donors (Lipinski definition) is 0. The Bertz CT molecular complexity index is 557. The second kappa shape index (κ2) is 6.47. The highest BCUT2D eigenvalue weighted by Gasteiger charge is 2.26. The zero-order chi connectivity index (χ0) is 15.4. The molecule has 0 saturated heterocycles. The summed E-state index contributed by atoms with van der Waals surface area (Å²) in [6.07, 6.45) is 0.0942. The summed E-state index contributed by atoms with van der Waals surface area (Å²) >= 11 is 0. The third-order valence-corrected chi connectivity index (χ3v) is 4.42. The van der Waals surface area contributed by atoms with E-state index in [0.717, 1.165) is 0 Å². The number of benzene rings is 1. The molecule has 0 fully saturated rings. The standard InChI is InChI=1S/C11H14BF4O3S/c1-2-20(17,18)7-3-6-19-11-8-9(12(14,15)16)4-5-10(11)13/h4-5,8H,2-3,6-7H2,1H3/q-1. The molecule has 0 N–H and O–H groups in total. The lowest BCUT2D eigenvalue weighted by molar-refractivity contribution is 0.301. The van der Waals surface area contributed by atoms with Gasteiger partial charge in [0.15, 0.2) is 11.6 Å². The smallest absolute Gasteiger partial charge is 0.491 e. The van der Waals surface area contributed by atoms with Crippen molar-refractivity contribution in [2.45, 2.75) is 13.3 Å². The lowest BCUT2D eigenvalue weighted by Crippen LogP contribution is -2.34. The van der Waals surface area contributed by atoms with Crippen LogP contribution in [0.15, 0.2) is 18.2 Å². The minimum absolute atomic E-state index is 0.0204. The van der Waals surface area contributed by atoms with Crippen molar-refractivity contribution in [1.82, 2.24) is 0 Å². The molecular formula is C11H14BF4O3S-. The third kappa shape index (κ3) is 5.03. The molecule has 0 aliphatic rings. The van der Waals surface area contributed by atoms with Gasteiger partial charge in [-0.15, -0.1) is 5.46 Å². The van der Waals surface area contributed by atoms with E-state index in [1.54, 1.807) is 0 Å². The molecular weight excluding hydrogens is 299 g/mol. The number of rotatable bonds is 7. The summed E-state index contributed by atoms with van der Waals surface area (Å²) in [6, 6.07) is 1.91. The van der Waals surface area contributed by atoms with Crippen molar-refractivity contribution < 1.29 is 30.5 Å². The second-order valence-corrected chi connectivity index (χ2v) is 6.68. The number of hydrogen-bond acceptors (Lipinski definition) is 3. The van der Waals surface area contributed by atoms with Gasteiger partial charge in [-0.2, -0.15) is 0 Å². The first-order chi connectivity index (χ1) is 9.15. The van der Waals surface area contributed by atoms with Crippen molar-refractivity contribution in [3.05, 3.63) is 24.0 Å². The van der Waals surface area contributed by atoms with Gasteiger partial charge in [-0.1, -0.05) is 13.0 Å². The molecule has 0 amide bonds. The topological polar surface area (TPSA) is 43.4 Å². The molecule has 0 aliphatic carbocycles. The van der Waals surface area contributed by atoms with Gasteiger partial charge >= 0.3 is 6.98 Å². The van der Waals surface area contributed by atoms with Gasteiger partial charge in [-0.05, 0) is 18.6 Å². The summed E-state index contributed by atoms with van der Waals surface area (Å²) in [5.41, 5.74) is -0.956. The van der Waals surface area contributed by atoms with Crippen LogP contribution in [0.25, 0.3) is 0 Å². The van der Waals surface area contributed by atoms with Crippen LogP contribution in [0.3, 0.4) is 0 Å². The Hall–Kier alpha value is -1.25. The summed E-state index contributed by atoms with van der Waals surface area (Å²) in [7, 11) is -3.17. The molecule has 0 aliphatic heterocycles. The van der Waals surface area contributed by atoms with Crippen LogP contribution in [-0.2, 0) is 9.84 Å². The molecule has 0 aromatic heterocycles. The van der Waals surface area contributed by atoms with Crippen LogP contribution in [0.2, 0.25) is 0 Å². The predicted octanol–water partition coefficient (Wildman–Crippen LogP) is 2.08. The van der Waals surface area contributed by atoms with Crippen LogP contribution in [0, 0.1) is 5.82 Å². The van der Waals surface area contributed by atoms with E-state index in [2.05, 4.69) is 0 Å². The molecule has 0 spiro atoms. The summed E-state index contributed by atoms with van der Waals surface area (Å²) < 4.78 is 78.0. The zero-order valence-electron chi connectivity index (χ0n) is 10.8. The Morgan fingerprint density at radius 2 is 1.90 bits per heavy atom. The SMILES string of the molecule is CCS(=O)(=O)CCCOc1cc([B-](F)(F)F)ccc1F. The van der Waals surface area contributed by atoms with Gasteiger partial charge in [0.25, 0.3) is 0 Å². The number of halogens is 4. The van der Waals surface area contributed by atoms with Gasteiger partial charge in [-0.25, -0.2) is 12.8 Å². The second-order valence-electron chi connectivity index (χ2n) is 4.20. The van der Waals surface area contributed by atoms with Crippen molar-refractivity contribution in [2.75, 3.05) is 18.1 Å². The fraction of sp³-hybridized carbons (Fsp3) is 0.455. The molecule has 1 rings (SSSR count). The average Bonchev–Trinajstić information content (AvgIpc) is 2.35. The first-order valence-electron chi connectivity index (χ1n) is 5.98. The first-order valence-corrected chi connectivity index (χ1v) is 7.80. The Labute approximate surface area is 114 Å². The maximum absolute atomic E-state index is 13.3. The van der Waals surface area contributed by atoms with E-state index in [1.165, 1.54) is 6.92 Å². The molecule has 0 atom stereocenters. The zero-order valence-corrected chi connectivity index (χ0v) is 11.6. The Kier molecular flexibility index (Phi) is 5.44. The van der Waals surface area contributed by atoms with E-state index < -0.39 is 33.8 Å². The maximum atomic E-state index is 13.3. The van der Waals surface area contributed by atoms with Crippen molar-refractivity contribution in [3.63, 3.8) is 0 Å². The average molecular weight is 313 g/mol. The third-order valence-electron chi connectivity index (χ3n) is 2.63. The van der Waals surface area contributed by atoms with E-state index in [4.69, 9.17) is 4.74 Å². The predicted molar refractivity (Wildman–Crippen MR) is 69.6 cm³/mol. The van der Waals surface area contributed by atoms with Crippen LogP contribution in [0.4, 0.5) is 17.3 Å². The van der Waals surface area contributed by atoms with E-state index in [1.807, 2.05) is 0 Å². The van der Waals surface area contributed by atoms with Crippen LogP contribution >= 0.6 is 0 Å². The fourth-order valence-electron chi connectivity index (χ4n) is 1.44. The van der Waals surface area contributed by atoms with E-state index in [9.17, 15) is 25.8 Å². The summed E-state index contributed by atoms with van der Waals surface area (Å²) in [5.74, 6) is -1.59. The molecule has 0 heterocycles. The first kappa shape index (κ1) is 16.8. The maximum Gasteiger partial charge on any atom is 0.509 e. The van der Waals surface area contributed by atoms with E-state index in [0.29, 0.717) is 18.2 Å². The molecule has 0 bridgehead atoms. The van der Waals surface area contributed by atoms with Gasteiger partial charge in [0.2, 0.25) is 0 Å². The monoisotopic (exact) mass is 313 g/mol. The van der Waals surface area contributed by atoms with Crippen LogP contribution in [0.1, 0.15) is 13.3 Å². The molecule has 1 aromatic rings. The molecule has 114 valence electrons. The van der Waals surface area contributed by atoms with E-state index in [-0.39, 0.29) is 24.5 Å². The van der Waals surface area contributed by atoms with Crippen molar-refractivity contribution in [1.29, 1.82) is 0 Å². The van der Waals surface area contributed by atoms with Crippen LogP contribution < -0.4 is 10.2 Å². The van der Waals surface area contributed by atoms with Crippen molar-refractivity contribution in [2.24, 2.45) is 0 Å². The Morgan fingerprint density at radius 1 is 1.25 bits per heavy atom. The molecule has 20 heavy (non-hydrogen) atoms. The van der Waals surface area contributed by atoms with Crippen LogP contribution in [0.5, 0.6) is 5.75 Å². The summed E-state index contributed by atoms with van der Waals surface area (Å²) in [6.45, 7) is -3.90. The van der Waals surface area contributed by atoms with Gasteiger partial charge in [0.05, 0.1) is 12.4 Å². The van der Waals surface area contributed by atoms with Gasteiger partial charge in [-0.3, -0.25) is 0 Å². The Morgan fingerprint density at radius 3 is 2.45 bits per heavy atom. The molecule has 1 aromatic carbocycles. The summed E-state index contributed by atoms with van der Waals surface area (Å²) in [5, 5.41) is 0. The fourth-order valence-corrected chi connectivity index (χ4v) is 2.29. The molecule has 0 saturated carbocycles. The quantitative estimate of drug-likeness (QED) is 0.440. The molecule has 0 radical (unpaired) electrons. The molecule has 0 unspecified atom stereocenters. The molecule has 9 heteroatoms. The highest BCUT2D eigenvalue weighted by atomic mass is 32.2. The Balaban J connectivity index is 2.64. The van der Waals surface area contributed by atoms with E-state index >= 15 is 0 Å².